The van der Waals surface area contributed by atoms with Gasteiger partial charge in [-0.1, -0.05) is 11.6 Å². The first-order valence-electron chi connectivity index (χ1n) is 10.2. The van der Waals surface area contributed by atoms with E-state index in [0.717, 1.165) is 11.3 Å². The summed E-state index contributed by atoms with van der Waals surface area (Å²) in [6, 6.07) is 7.47. The molecule has 0 radical (unpaired) electrons. The second-order valence-electron chi connectivity index (χ2n) is 8.20. The third kappa shape index (κ3) is 3.85. The highest BCUT2D eigenvalue weighted by Crippen LogP contribution is 2.37. The van der Waals surface area contributed by atoms with Crippen LogP contribution in [0.5, 0.6) is 0 Å². The van der Waals surface area contributed by atoms with Crippen molar-refractivity contribution in [2.45, 2.75) is 31.3 Å². The number of fused-ring (bicyclic) bond motifs is 4. The summed E-state index contributed by atoms with van der Waals surface area (Å²) in [5.41, 5.74) is 8.14. The minimum atomic E-state index is -0.590. The fourth-order valence-corrected chi connectivity index (χ4v) is 4.81. The Balaban J connectivity index is 1.34. The van der Waals surface area contributed by atoms with Crippen molar-refractivity contribution in [3.05, 3.63) is 69.0 Å². The van der Waals surface area contributed by atoms with Crippen LogP contribution in [0.25, 0.3) is 11.1 Å². The lowest BCUT2D eigenvalue weighted by atomic mass is 9.79. The number of nitrogens with zero attached hydrogens (tertiary/aromatic N) is 2. The number of anilines is 2. The van der Waals surface area contributed by atoms with Gasteiger partial charge in [-0.15, -0.1) is 0 Å². The molecule has 3 unspecified atom stereocenters. The SMILES string of the molecule is Nc1ccc(-c2cc(F)c(NC(=O)C3CC4Cc5cc(=O)[nH]nc5C(C3)N4)cc2Cl)cn1. The van der Waals surface area contributed by atoms with Crippen LogP contribution in [-0.4, -0.2) is 27.1 Å². The number of benzene rings is 1. The molecular weight excluding hydrogens is 435 g/mol. The molecule has 3 aromatic rings. The maximum absolute atomic E-state index is 14.8. The number of nitrogen functional groups attached to an aromatic ring is 1. The third-order valence-corrected chi connectivity index (χ3v) is 6.34. The summed E-state index contributed by atoms with van der Waals surface area (Å²) < 4.78 is 14.8. The monoisotopic (exact) mass is 454 g/mol. The number of carbonyl (C=O) groups excluding carboxylic acids is 1. The highest BCUT2D eigenvalue weighted by atomic mass is 35.5. The number of pyridine rings is 1. The molecular formula is C22H20ClFN6O2. The van der Waals surface area contributed by atoms with Gasteiger partial charge in [-0.25, -0.2) is 14.5 Å². The lowest BCUT2D eigenvalue weighted by molar-refractivity contribution is -0.121. The normalized spacial score (nSPS) is 21.6. The van der Waals surface area contributed by atoms with Crippen molar-refractivity contribution in [1.29, 1.82) is 0 Å². The van der Waals surface area contributed by atoms with Crippen LogP contribution < -0.4 is 21.9 Å². The van der Waals surface area contributed by atoms with Crippen molar-refractivity contribution < 1.29 is 9.18 Å². The lowest BCUT2D eigenvalue weighted by Gasteiger charge is -2.39. The quantitative estimate of drug-likeness (QED) is 0.482. The summed E-state index contributed by atoms with van der Waals surface area (Å²) in [6.45, 7) is 0. The van der Waals surface area contributed by atoms with E-state index in [0.29, 0.717) is 36.2 Å². The van der Waals surface area contributed by atoms with E-state index in [1.807, 2.05) is 0 Å². The number of hydrogen-bond acceptors (Lipinski definition) is 6. The summed E-state index contributed by atoms with van der Waals surface area (Å²) in [5, 5.41) is 13.1. The molecule has 2 aromatic heterocycles. The standard InChI is InChI=1S/C22H20ClFN6O2/c23-15-8-17(16(24)7-14(15)10-1-2-19(25)26-9-10)28-22(32)12-4-13-3-11-6-20(31)29-30-21(11)18(5-12)27-13/h1-2,6-9,12-13,18,27H,3-5H2,(H2,25,26)(H,28,32)(H,29,31). The summed E-state index contributed by atoms with van der Waals surface area (Å²) >= 11 is 6.37. The van der Waals surface area contributed by atoms with Crippen LogP contribution in [0, 0.1) is 11.7 Å². The predicted octanol–water partition coefficient (Wildman–Crippen LogP) is 2.81. The van der Waals surface area contributed by atoms with Gasteiger partial charge >= 0.3 is 0 Å². The number of carbonyl (C=O) groups is 1. The van der Waals surface area contributed by atoms with E-state index in [4.69, 9.17) is 17.3 Å². The van der Waals surface area contributed by atoms with Gasteiger partial charge < -0.3 is 16.4 Å². The van der Waals surface area contributed by atoms with Crippen LogP contribution >= 0.6 is 11.6 Å². The molecule has 1 fully saturated rings. The Bertz CT molecular complexity index is 1260. The number of piperidine rings is 1. The number of nitrogens with one attached hydrogen (secondary N) is 3. The molecule has 1 amide bonds. The van der Waals surface area contributed by atoms with E-state index in [9.17, 15) is 14.0 Å². The summed E-state index contributed by atoms with van der Waals surface area (Å²) in [6.07, 6.45) is 3.22. The number of aromatic nitrogens is 3. The molecule has 1 saturated heterocycles. The van der Waals surface area contributed by atoms with Crippen molar-refractivity contribution in [3.8, 4) is 11.1 Å². The molecule has 0 saturated carbocycles. The van der Waals surface area contributed by atoms with Gasteiger partial charge in [0.15, 0.2) is 0 Å². The molecule has 10 heteroatoms. The third-order valence-electron chi connectivity index (χ3n) is 6.03. The predicted molar refractivity (Wildman–Crippen MR) is 119 cm³/mol. The molecule has 4 heterocycles. The molecule has 8 nitrogen and oxygen atoms in total. The Kier molecular flexibility index (Phi) is 5.15. The van der Waals surface area contributed by atoms with Crippen LogP contribution in [-0.2, 0) is 11.2 Å². The highest BCUT2D eigenvalue weighted by molar-refractivity contribution is 6.33. The first-order valence-corrected chi connectivity index (χ1v) is 10.6. The molecule has 0 aliphatic carbocycles. The van der Waals surface area contributed by atoms with Crippen molar-refractivity contribution in [3.63, 3.8) is 0 Å². The topological polar surface area (TPSA) is 126 Å². The number of halogens is 2. The fraction of sp³-hybridized carbons (Fsp3) is 0.273. The van der Waals surface area contributed by atoms with Gasteiger partial charge in [0.2, 0.25) is 5.91 Å². The Morgan fingerprint density at radius 3 is 2.88 bits per heavy atom. The minimum absolute atomic E-state index is 0.0266. The largest absolute Gasteiger partial charge is 0.384 e. The van der Waals surface area contributed by atoms with E-state index in [1.165, 1.54) is 18.3 Å². The van der Waals surface area contributed by atoms with Crippen LogP contribution in [0.4, 0.5) is 15.9 Å². The van der Waals surface area contributed by atoms with Gasteiger partial charge in [-0.3, -0.25) is 9.59 Å². The van der Waals surface area contributed by atoms with Crippen molar-refractivity contribution >= 4 is 29.0 Å². The summed E-state index contributed by atoms with van der Waals surface area (Å²) in [4.78, 5) is 28.5. The smallest absolute Gasteiger partial charge is 0.264 e. The lowest BCUT2D eigenvalue weighted by Crippen LogP contribution is -2.49. The van der Waals surface area contributed by atoms with Crippen LogP contribution in [0.2, 0.25) is 5.02 Å². The zero-order valence-corrected chi connectivity index (χ0v) is 17.6. The van der Waals surface area contributed by atoms with E-state index in [-0.39, 0.29) is 40.2 Å². The van der Waals surface area contributed by atoms with Gasteiger partial charge in [0.25, 0.3) is 5.56 Å². The first-order chi connectivity index (χ1) is 15.4. The second-order valence-corrected chi connectivity index (χ2v) is 8.61. The van der Waals surface area contributed by atoms with Crippen LogP contribution in [0.3, 0.4) is 0 Å². The van der Waals surface area contributed by atoms with Crippen molar-refractivity contribution in [2.75, 3.05) is 11.1 Å². The Hall–Kier alpha value is -3.30. The molecule has 1 aromatic carbocycles. The molecule has 5 rings (SSSR count). The van der Waals surface area contributed by atoms with E-state index in [2.05, 4.69) is 25.8 Å². The van der Waals surface area contributed by atoms with Gasteiger partial charge in [-0.05, 0) is 49.1 Å². The molecule has 2 aliphatic heterocycles. The van der Waals surface area contributed by atoms with E-state index >= 15 is 0 Å². The van der Waals surface area contributed by atoms with Crippen molar-refractivity contribution in [1.82, 2.24) is 20.5 Å². The average Bonchev–Trinajstić information content (AvgIpc) is 2.76. The maximum atomic E-state index is 14.8. The number of rotatable bonds is 3. The number of H-pyrrole nitrogens is 1. The van der Waals surface area contributed by atoms with Gasteiger partial charge in [0.1, 0.15) is 11.6 Å². The maximum Gasteiger partial charge on any atom is 0.264 e. The van der Waals surface area contributed by atoms with E-state index < -0.39 is 5.82 Å². The fourth-order valence-electron chi connectivity index (χ4n) is 4.54. The molecule has 164 valence electrons. The number of amides is 1. The second kappa shape index (κ2) is 7.99. The Morgan fingerprint density at radius 1 is 1.25 bits per heavy atom. The highest BCUT2D eigenvalue weighted by Gasteiger charge is 2.38. The molecule has 2 bridgehead atoms. The zero-order chi connectivity index (χ0) is 22.4. The summed E-state index contributed by atoms with van der Waals surface area (Å²) in [7, 11) is 0. The van der Waals surface area contributed by atoms with Crippen molar-refractivity contribution in [2.24, 2.45) is 5.92 Å². The first kappa shape index (κ1) is 20.6. The van der Waals surface area contributed by atoms with Crippen LogP contribution in [0.1, 0.15) is 30.1 Å². The minimum Gasteiger partial charge on any atom is -0.384 e. The molecule has 0 spiro atoms. The number of nitrogens with two attached hydrogens (primary N) is 1. The number of hydrogen-bond donors (Lipinski definition) is 4. The average molecular weight is 455 g/mol. The van der Waals surface area contributed by atoms with Gasteiger partial charge in [0, 0.05) is 35.3 Å². The Labute approximate surface area is 187 Å². The molecule has 2 aliphatic rings. The van der Waals surface area contributed by atoms with E-state index in [1.54, 1.807) is 18.2 Å². The van der Waals surface area contributed by atoms with Crippen LogP contribution in [0.15, 0.2) is 41.3 Å². The van der Waals surface area contributed by atoms with Gasteiger partial charge in [0.05, 0.1) is 22.4 Å². The Morgan fingerprint density at radius 2 is 2.09 bits per heavy atom. The molecule has 3 atom stereocenters. The summed E-state index contributed by atoms with van der Waals surface area (Å²) in [5.74, 6) is -0.836. The number of aromatic amines is 1. The zero-order valence-electron chi connectivity index (χ0n) is 16.9. The molecule has 5 N–H and O–H groups in total. The molecule has 32 heavy (non-hydrogen) atoms. The van der Waals surface area contributed by atoms with Gasteiger partial charge in [-0.2, -0.15) is 5.10 Å².